The van der Waals surface area contributed by atoms with Crippen LogP contribution in [0.4, 0.5) is 15.8 Å². The summed E-state index contributed by atoms with van der Waals surface area (Å²) < 4.78 is 0. The van der Waals surface area contributed by atoms with Crippen LogP contribution in [0.1, 0.15) is 11.5 Å². The van der Waals surface area contributed by atoms with Crippen molar-refractivity contribution in [3.05, 3.63) is 46.1 Å². The van der Waals surface area contributed by atoms with E-state index in [1.54, 1.807) is 0 Å². The van der Waals surface area contributed by atoms with Crippen LogP contribution in [0, 0.1) is 10.1 Å². The Morgan fingerprint density at radius 2 is 2.00 bits per heavy atom. The highest BCUT2D eigenvalue weighted by Crippen LogP contribution is 2.27. The Labute approximate surface area is 127 Å². The first kappa shape index (κ1) is 15.4. The van der Waals surface area contributed by atoms with Crippen LogP contribution in [0.15, 0.2) is 30.5 Å². The lowest BCUT2D eigenvalue weighted by atomic mass is 9.98. The van der Waals surface area contributed by atoms with E-state index in [1.165, 1.54) is 24.3 Å². The van der Waals surface area contributed by atoms with Gasteiger partial charge >= 0.3 is 11.0 Å². The molecule has 22 heavy (non-hydrogen) atoms. The van der Waals surface area contributed by atoms with Crippen molar-refractivity contribution in [2.75, 3.05) is 11.1 Å². The van der Waals surface area contributed by atoms with Gasteiger partial charge in [-0.1, -0.05) is 12.1 Å². The number of hydrogen-bond donors (Lipinski definition) is 3. The Morgan fingerprint density at radius 3 is 2.50 bits per heavy atom. The zero-order valence-electron chi connectivity index (χ0n) is 10.9. The minimum atomic E-state index is -1.47. The van der Waals surface area contributed by atoms with Crippen LogP contribution in [-0.4, -0.2) is 26.9 Å². The number of hydrogen-bond acceptors (Lipinski definition) is 7. The maximum absolute atomic E-state index is 12.1. The Kier molecular flexibility index (Phi) is 4.32. The monoisotopic (exact) mass is 322 g/mol. The predicted octanol–water partition coefficient (Wildman–Crippen LogP) is 1.44. The fourth-order valence-electron chi connectivity index (χ4n) is 1.68. The highest BCUT2D eigenvalue weighted by molar-refractivity contribution is 7.18. The zero-order chi connectivity index (χ0) is 16.3. The molecule has 1 atom stereocenters. The summed E-state index contributed by atoms with van der Waals surface area (Å²) in [6, 6.07) is 5.82. The summed E-state index contributed by atoms with van der Waals surface area (Å²) in [5, 5.41) is 21.7. The number of amides is 1. The summed E-state index contributed by atoms with van der Waals surface area (Å²) in [6.07, 6.45) is 0.985. The van der Waals surface area contributed by atoms with Gasteiger partial charge < -0.3 is 16.2 Å². The molecule has 1 aromatic heterocycles. The van der Waals surface area contributed by atoms with Crippen molar-refractivity contribution in [1.29, 1.82) is 0 Å². The molecular formula is C12H10N4O5S. The van der Waals surface area contributed by atoms with Crippen LogP contribution < -0.4 is 11.1 Å². The minimum absolute atomic E-state index is 0.0432. The molecule has 0 radical (unpaired) electrons. The van der Waals surface area contributed by atoms with Crippen molar-refractivity contribution in [3.8, 4) is 0 Å². The number of nitrogens with zero attached hydrogens (tertiary/aromatic N) is 2. The van der Waals surface area contributed by atoms with E-state index in [2.05, 4.69) is 10.3 Å². The predicted molar refractivity (Wildman–Crippen MR) is 78.6 cm³/mol. The molecule has 0 aliphatic heterocycles. The topological polar surface area (TPSA) is 148 Å². The fourth-order valence-corrected chi connectivity index (χ4v) is 2.31. The second-order valence-corrected chi connectivity index (χ2v) is 5.20. The van der Waals surface area contributed by atoms with E-state index in [0.29, 0.717) is 17.0 Å². The smallest absolute Gasteiger partial charge is 0.345 e. The fraction of sp³-hybridized carbons (Fsp3) is 0.0833. The van der Waals surface area contributed by atoms with Gasteiger partial charge in [-0.15, -0.1) is 0 Å². The van der Waals surface area contributed by atoms with Gasteiger partial charge in [0, 0.05) is 5.69 Å². The first-order valence-corrected chi connectivity index (χ1v) is 6.69. The van der Waals surface area contributed by atoms with Crippen LogP contribution >= 0.6 is 11.3 Å². The number of thiazole rings is 1. The van der Waals surface area contributed by atoms with Gasteiger partial charge in [0.15, 0.2) is 11.0 Å². The standard InChI is InChI=1S/C12H10N4O5S/c13-7-3-1-6(2-4-7)9(11(18)19)10(17)15-12-14-5-8(22-12)16(20)21/h1-5,9H,13H2,(H,18,19)(H,14,15,17). The molecule has 2 rings (SSSR count). The molecule has 0 saturated heterocycles. The number of carbonyl (C=O) groups excluding carboxylic acids is 1. The number of carboxylic acid groups (broad SMARTS) is 1. The third kappa shape index (κ3) is 3.35. The van der Waals surface area contributed by atoms with Gasteiger partial charge in [-0.3, -0.25) is 19.7 Å². The van der Waals surface area contributed by atoms with Crippen molar-refractivity contribution < 1.29 is 19.6 Å². The summed E-state index contributed by atoms with van der Waals surface area (Å²) in [7, 11) is 0. The summed E-state index contributed by atoms with van der Waals surface area (Å²) in [5.74, 6) is -3.67. The maximum Gasteiger partial charge on any atom is 0.345 e. The molecule has 9 nitrogen and oxygen atoms in total. The lowest BCUT2D eigenvalue weighted by molar-refractivity contribution is -0.380. The molecule has 0 saturated carbocycles. The van der Waals surface area contributed by atoms with Gasteiger partial charge in [0.05, 0.1) is 4.92 Å². The van der Waals surface area contributed by atoms with E-state index in [9.17, 15) is 24.8 Å². The normalized spacial score (nSPS) is 11.6. The average molecular weight is 322 g/mol. The Hall–Kier alpha value is -3.01. The van der Waals surface area contributed by atoms with Gasteiger partial charge in [0.25, 0.3) is 0 Å². The molecule has 2 aromatic rings. The molecule has 1 heterocycles. The highest BCUT2D eigenvalue weighted by Gasteiger charge is 2.29. The summed E-state index contributed by atoms with van der Waals surface area (Å²) >= 11 is 0.641. The van der Waals surface area contributed by atoms with Crippen molar-refractivity contribution in [2.24, 2.45) is 0 Å². The first-order chi connectivity index (χ1) is 10.4. The summed E-state index contributed by atoms with van der Waals surface area (Å²) in [5.41, 5.74) is 6.19. The van der Waals surface area contributed by atoms with E-state index in [1.807, 2.05) is 0 Å². The number of rotatable bonds is 5. The first-order valence-electron chi connectivity index (χ1n) is 5.88. The Morgan fingerprint density at radius 1 is 1.36 bits per heavy atom. The summed E-state index contributed by atoms with van der Waals surface area (Å²) in [4.78, 5) is 37.0. The van der Waals surface area contributed by atoms with Crippen molar-refractivity contribution in [3.63, 3.8) is 0 Å². The van der Waals surface area contributed by atoms with E-state index < -0.39 is 22.7 Å². The number of nitro groups is 1. The van der Waals surface area contributed by atoms with E-state index in [4.69, 9.17) is 5.73 Å². The quantitative estimate of drug-likeness (QED) is 0.326. The molecular weight excluding hydrogens is 312 g/mol. The molecule has 0 aliphatic rings. The number of carboxylic acids is 1. The molecule has 10 heteroatoms. The van der Waals surface area contributed by atoms with Crippen LogP contribution in [0.2, 0.25) is 0 Å². The zero-order valence-corrected chi connectivity index (χ0v) is 11.7. The molecule has 4 N–H and O–H groups in total. The molecule has 0 bridgehead atoms. The van der Waals surface area contributed by atoms with Gasteiger partial charge in [-0.25, -0.2) is 4.98 Å². The van der Waals surface area contributed by atoms with Crippen LogP contribution in [0.3, 0.4) is 0 Å². The van der Waals surface area contributed by atoms with Crippen LogP contribution in [0.5, 0.6) is 0 Å². The Bertz CT molecular complexity index is 727. The van der Waals surface area contributed by atoms with Gasteiger partial charge in [-0.2, -0.15) is 0 Å². The number of benzene rings is 1. The van der Waals surface area contributed by atoms with E-state index in [-0.39, 0.29) is 15.7 Å². The number of nitrogens with one attached hydrogen (secondary N) is 1. The molecule has 0 fully saturated rings. The number of anilines is 2. The molecule has 1 unspecified atom stereocenters. The third-order valence-electron chi connectivity index (χ3n) is 2.68. The number of nitrogen functional groups attached to an aromatic ring is 1. The Balaban J connectivity index is 2.21. The molecule has 0 aliphatic carbocycles. The largest absolute Gasteiger partial charge is 0.480 e. The van der Waals surface area contributed by atoms with E-state index in [0.717, 1.165) is 6.20 Å². The minimum Gasteiger partial charge on any atom is -0.480 e. The average Bonchev–Trinajstić information content (AvgIpc) is 2.89. The van der Waals surface area contributed by atoms with Crippen LogP contribution in [-0.2, 0) is 9.59 Å². The molecule has 1 amide bonds. The number of nitrogens with two attached hydrogens (primary N) is 1. The van der Waals surface area contributed by atoms with Crippen molar-refractivity contribution >= 4 is 39.0 Å². The number of aliphatic carboxylic acids is 1. The second kappa shape index (κ2) is 6.18. The van der Waals surface area contributed by atoms with Gasteiger partial charge in [-0.05, 0) is 29.0 Å². The highest BCUT2D eigenvalue weighted by atomic mass is 32.1. The summed E-state index contributed by atoms with van der Waals surface area (Å²) in [6.45, 7) is 0. The lowest BCUT2D eigenvalue weighted by Gasteiger charge is -2.11. The lowest BCUT2D eigenvalue weighted by Crippen LogP contribution is -2.27. The van der Waals surface area contributed by atoms with Gasteiger partial charge in [0.1, 0.15) is 6.20 Å². The number of aromatic nitrogens is 1. The second-order valence-electron chi connectivity index (χ2n) is 4.19. The molecule has 114 valence electrons. The number of carbonyl (C=O) groups is 2. The third-order valence-corrected chi connectivity index (χ3v) is 3.55. The van der Waals surface area contributed by atoms with Crippen molar-refractivity contribution in [1.82, 2.24) is 4.98 Å². The van der Waals surface area contributed by atoms with Crippen LogP contribution in [0.25, 0.3) is 0 Å². The molecule has 1 aromatic carbocycles. The SMILES string of the molecule is Nc1ccc(C(C(=O)O)C(=O)Nc2ncc([N+](=O)[O-])s2)cc1. The maximum atomic E-state index is 12.1. The molecule has 0 spiro atoms. The van der Waals surface area contributed by atoms with Gasteiger partial charge in [0.2, 0.25) is 5.91 Å². The van der Waals surface area contributed by atoms with E-state index >= 15 is 0 Å². The van der Waals surface area contributed by atoms with Crippen molar-refractivity contribution in [2.45, 2.75) is 5.92 Å².